The molecule has 30 heavy (non-hydrogen) atoms. The Morgan fingerprint density at radius 1 is 1.07 bits per heavy atom. The average molecular weight is 405 g/mol. The van der Waals surface area contributed by atoms with Gasteiger partial charge in [0.1, 0.15) is 5.75 Å². The fraction of sp³-hybridized carbons (Fsp3) is 0.577. The van der Waals surface area contributed by atoms with Crippen LogP contribution in [-0.4, -0.2) is 30.3 Å². The van der Waals surface area contributed by atoms with Gasteiger partial charge in [-0.25, -0.2) is 0 Å². The fourth-order valence-electron chi connectivity index (χ4n) is 6.54. The Labute approximate surface area is 179 Å². The summed E-state index contributed by atoms with van der Waals surface area (Å²) in [5.41, 5.74) is 4.14. The van der Waals surface area contributed by atoms with Gasteiger partial charge in [0.05, 0.1) is 12.2 Å². The molecule has 1 spiro atoms. The number of aromatic nitrogens is 1. The molecule has 3 fully saturated rings. The van der Waals surface area contributed by atoms with Crippen LogP contribution in [0, 0.1) is 11.8 Å². The van der Waals surface area contributed by atoms with E-state index in [1.165, 1.54) is 36.1 Å². The van der Waals surface area contributed by atoms with Gasteiger partial charge in [0, 0.05) is 42.4 Å². The molecule has 1 aromatic carbocycles. The molecule has 2 aromatic rings. The van der Waals surface area contributed by atoms with Crippen LogP contribution in [0.25, 0.3) is 0 Å². The first kappa shape index (κ1) is 18.8. The summed E-state index contributed by atoms with van der Waals surface area (Å²) in [6.07, 6.45) is 10.3. The third kappa shape index (κ3) is 3.34. The molecule has 2 aliphatic carbocycles. The first-order valence-corrected chi connectivity index (χ1v) is 11.8. The van der Waals surface area contributed by atoms with Gasteiger partial charge in [-0.05, 0) is 74.6 Å². The number of fused-ring (bicyclic) bond motifs is 2. The molecular weight excluding hydrogens is 372 g/mol. The lowest BCUT2D eigenvalue weighted by atomic mass is 9.67. The van der Waals surface area contributed by atoms with E-state index >= 15 is 0 Å². The Morgan fingerprint density at radius 2 is 2.00 bits per heavy atom. The fourth-order valence-corrected chi connectivity index (χ4v) is 6.54. The molecule has 1 saturated heterocycles. The van der Waals surface area contributed by atoms with E-state index in [2.05, 4.69) is 35.6 Å². The van der Waals surface area contributed by atoms with Crippen molar-refractivity contribution in [2.45, 2.75) is 62.5 Å². The highest BCUT2D eigenvalue weighted by molar-refractivity contribution is 5.43. The van der Waals surface area contributed by atoms with Crippen molar-refractivity contribution in [3.05, 3.63) is 59.4 Å². The molecule has 0 radical (unpaired) electrons. The van der Waals surface area contributed by atoms with Gasteiger partial charge in [0.2, 0.25) is 0 Å². The number of pyridine rings is 1. The van der Waals surface area contributed by atoms with Crippen molar-refractivity contribution in [2.24, 2.45) is 11.8 Å². The zero-order chi connectivity index (χ0) is 20.0. The molecule has 2 saturated carbocycles. The molecule has 3 heterocycles. The second-order valence-corrected chi connectivity index (χ2v) is 10.0. The van der Waals surface area contributed by atoms with Crippen molar-refractivity contribution in [3.63, 3.8) is 0 Å². The second-order valence-electron chi connectivity index (χ2n) is 10.0. The molecule has 1 aromatic heterocycles. The summed E-state index contributed by atoms with van der Waals surface area (Å²) < 4.78 is 12.3. The van der Waals surface area contributed by atoms with E-state index in [1.54, 1.807) is 0 Å². The van der Waals surface area contributed by atoms with Crippen molar-refractivity contribution in [2.75, 3.05) is 19.8 Å². The van der Waals surface area contributed by atoms with Gasteiger partial charge in [-0.2, -0.15) is 0 Å². The molecule has 0 amide bonds. The monoisotopic (exact) mass is 404 g/mol. The predicted octanol–water partition coefficient (Wildman–Crippen LogP) is 4.41. The molecule has 3 unspecified atom stereocenters. The van der Waals surface area contributed by atoms with E-state index in [0.29, 0.717) is 0 Å². The molecule has 158 valence electrons. The maximum Gasteiger partial charge on any atom is 0.127 e. The van der Waals surface area contributed by atoms with Crippen LogP contribution >= 0.6 is 0 Å². The Balaban J connectivity index is 1.17. The van der Waals surface area contributed by atoms with Crippen LogP contribution in [-0.2, 0) is 23.1 Å². The first-order chi connectivity index (χ1) is 14.8. The summed E-state index contributed by atoms with van der Waals surface area (Å²) in [6, 6.07) is 13.0. The molecule has 4 aliphatic rings. The number of rotatable bonds is 6. The maximum atomic E-state index is 6.47. The summed E-state index contributed by atoms with van der Waals surface area (Å²) in [6.45, 7) is 3.55. The SMILES string of the molecule is c1ccc(C2(CCNCc3cccc4c3OCC4)CCOC3(CC4CC4C3)C2)nc1. The lowest BCUT2D eigenvalue weighted by Crippen LogP contribution is -2.48. The number of hydrogen-bond donors (Lipinski definition) is 1. The number of ether oxygens (including phenoxy) is 2. The molecule has 6 rings (SSSR count). The van der Waals surface area contributed by atoms with E-state index in [0.717, 1.165) is 69.6 Å². The van der Waals surface area contributed by atoms with Crippen molar-refractivity contribution in [1.82, 2.24) is 10.3 Å². The van der Waals surface area contributed by atoms with Gasteiger partial charge in [-0.3, -0.25) is 4.98 Å². The molecule has 2 aliphatic heterocycles. The zero-order valence-electron chi connectivity index (χ0n) is 17.7. The summed E-state index contributed by atoms with van der Waals surface area (Å²) in [5, 5.41) is 3.72. The van der Waals surface area contributed by atoms with Crippen LogP contribution in [0.2, 0.25) is 0 Å². The largest absolute Gasteiger partial charge is 0.493 e. The lowest BCUT2D eigenvalue weighted by Gasteiger charge is -2.47. The minimum Gasteiger partial charge on any atom is -0.493 e. The third-order valence-corrected chi connectivity index (χ3v) is 8.09. The minimum absolute atomic E-state index is 0.109. The highest BCUT2D eigenvalue weighted by Crippen LogP contribution is 2.61. The highest BCUT2D eigenvalue weighted by Gasteiger charge is 2.58. The predicted molar refractivity (Wildman–Crippen MR) is 117 cm³/mol. The van der Waals surface area contributed by atoms with Gasteiger partial charge in [-0.1, -0.05) is 24.3 Å². The number of benzene rings is 1. The number of nitrogens with zero attached hydrogens (tertiary/aromatic N) is 1. The highest BCUT2D eigenvalue weighted by atomic mass is 16.5. The smallest absolute Gasteiger partial charge is 0.127 e. The van der Waals surface area contributed by atoms with Crippen LogP contribution in [0.1, 0.15) is 55.3 Å². The number of para-hydroxylation sites is 1. The number of nitrogens with one attached hydrogen (secondary N) is 1. The molecule has 0 bridgehead atoms. The van der Waals surface area contributed by atoms with E-state index in [1.807, 2.05) is 12.3 Å². The van der Waals surface area contributed by atoms with Crippen molar-refractivity contribution in [3.8, 4) is 5.75 Å². The molecular formula is C26H32N2O2. The van der Waals surface area contributed by atoms with Crippen molar-refractivity contribution >= 4 is 0 Å². The van der Waals surface area contributed by atoms with Crippen LogP contribution in [0.15, 0.2) is 42.6 Å². The number of hydrogen-bond acceptors (Lipinski definition) is 4. The van der Waals surface area contributed by atoms with E-state index in [4.69, 9.17) is 14.5 Å². The van der Waals surface area contributed by atoms with Gasteiger partial charge >= 0.3 is 0 Å². The van der Waals surface area contributed by atoms with Crippen molar-refractivity contribution < 1.29 is 9.47 Å². The Kier molecular flexibility index (Phi) is 4.61. The lowest BCUT2D eigenvalue weighted by molar-refractivity contribution is -0.111. The Hall–Kier alpha value is -1.91. The third-order valence-electron chi connectivity index (χ3n) is 8.09. The maximum absolute atomic E-state index is 6.47. The average Bonchev–Trinajstić information content (AvgIpc) is 3.16. The topological polar surface area (TPSA) is 43.4 Å². The normalized spacial score (nSPS) is 33.9. The van der Waals surface area contributed by atoms with E-state index in [9.17, 15) is 0 Å². The van der Waals surface area contributed by atoms with Crippen LogP contribution in [0.5, 0.6) is 5.75 Å². The minimum atomic E-state index is 0.109. The standard InChI is InChI=1S/C26H32N2O2/c1-2-10-28-23(6-1)25(9-13-30-26(18-25)15-21-14-22(21)16-26)8-11-27-17-20-5-3-4-19-7-12-29-24(19)20/h1-6,10,21-22,27H,7-9,11-18H2. The van der Waals surface area contributed by atoms with Crippen LogP contribution < -0.4 is 10.1 Å². The molecule has 4 nitrogen and oxygen atoms in total. The van der Waals surface area contributed by atoms with Gasteiger partial charge < -0.3 is 14.8 Å². The van der Waals surface area contributed by atoms with Gasteiger partial charge in [0.15, 0.2) is 0 Å². The summed E-state index contributed by atoms with van der Waals surface area (Å²) in [7, 11) is 0. The van der Waals surface area contributed by atoms with Crippen LogP contribution in [0.4, 0.5) is 0 Å². The summed E-state index contributed by atoms with van der Waals surface area (Å²) >= 11 is 0. The van der Waals surface area contributed by atoms with E-state index < -0.39 is 0 Å². The Morgan fingerprint density at radius 3 is 2.87 bits per heavy atom. The second kappa shape index (κ2) is 7.35. The zero-order valence-corrected chi connectivity index (χ0v) is 17.7. The quantitative estimate of drug-likeness (QED) is 0.724. The summed E-state index contributed by atoms with van der Waals surface area (Å²) in [4.78, 5) is 4.84. The first-order valence-electron chi connectivity index (χ1n) is 11.8. The van der Waals surface area contributed by atoms with Crippen LogP contribution in [0.3, 0.4) is 0 Å². The molecule has 3 atom stereocenters. The van der Waals surface area contributed by atoms with Gasteiger partial charge in [-0.15, -0.1) is 0 Å². The van der Waals surface area contributed by atoms with Gasteiger partial charge in [0.25, 0.3) is 0 Å². The molecule has 4 heteroatoms. The Bertz CT molecular complexity index is 905. The molecule has 1 N–H and O–H groups in total. The van der Waals surface area contributed by atoms with Crippen molar-refractivity contribution in [1.29, 1.82) is 0 Å². The summed E-state index contributed by atoms with van der Waals surface area (Å²) in [5.74, 6) is 2.98. The van der Waals surface area contributed by atoms with E-state index in [-0.39, 0.29) is 11.0 Å².